The third-order valence-corrected chi connectivity index (χ3v) is 3.76. The summed E-state index contributed by atoms with van der Waals surface area (Å²) < 4.78 is 0. The highest BCUT2D eigenvalue weighted by Gasteiger charge is 2.47. The molecule has 2 unspecified atom stereocenters. The van der Waals surface area contributed by atoms with E-state index < -0.39 is 0 Å². The summed E-state index contributed by atoms with van der Waals surface area (Å²) in [6.45, 7) is 20.9. The Balaban J connectivity index is 2.96. The topological polar surface area (TPSA) is 24.1 Å². The zero-order valence-corrected chi connectivity index (χ0v) is 13.2. The van der Waals surface area contributed by atoms with Crippen LogP contribution in [0.3, 0.4) is 0 Å². The van der Waals surface area contributed by atoms with Crippen LogP contribution >= 0.6 is 0 Å². The molecule has 0 aromatic heterocycles. The molecule has 0 aliphatic carbocycles. The highest BCUT2D eigenvalue weighted by atomic mass is 15.3. The lowest BCUT2D eigenvalue weighted by molar-refractivity contribution is 0.184. The van der Waals surface area contributed by atoms with Gasteiger partial charge >= 0.3 is 0 Å². The van der Waals surface area contributed by atoms with Gasteiger partial charge in [0.1, 0.15) is 0 Å². The second kappa shape index (κ2) is 4.24. The summed E-state index contributed by atoms with van der Waals surface area (Å²) in [5.41, 5.74) is 0.819. The highest BCUT2D eigenvalue weighted by molar-refractivity contribution is 5.05. The first-order valence-corrected chi connectivity index (χ1v) is 6.85. The van der Waals surface area contributed by atoms with Gasteiger partial charge in [-0.1, -0.05) is 62.3 Å². The first-order valence-electron chi connectivity index (χ1n) is 6.85. The largest absolute Gasteiger partial charge is 0.297 e. The van der Waals surface area contributed by atoms with E-state index in [9.17, 15) is 0 Å². The Labute approximate surface area is 108 Å². The van der Waals surface area contributed by atoms with Crippen LogP contribution in [0.1, 0.15) is 62.3 Å². The van der Waals surface area contributed by atoms with Crippen molar-refractivity contribution in [3.05, 3.63) is 0 Å². The van der Waals surface area contributed by atoms with Crippen molar-refractivity contribution in [2.45, 2.75) is 80.6 Å². The molecule has 2 nitrogen and oxygen atoms in total. The van der Waals surface area contributed by atoms with Crippen molar-refractivity contribution in [2.75, 3.05) is 0 Å². The summed E-state index contributed by atoms with van der Waals surface area (Å²) >= 11 is 0. The summed E-state index contributed by atoms with van der Waals surface area (Å²) in [5.74, 6) is 0. The molecule has 1 saturated heterocycles. The van der Waals surface area contributed by atoms with Crippen molar-refractivity contribution in [1.29, 1.82) is 0 Å². The van der Waals surface area contributed by atoms with E-state index in [1.54, 1.807) is 0 Å². The zero-order chi connectivity index (χ0) is 13.6. The molecule has 1 aliphatic rings. The molecule has 1 fully saturated rings. The van der Waals surface area contributed by atoms with E-state index in [1.165, 1.54) is 0 Å². The Morgan fingerprint density at radius 2 is 0.824 bits per heavy atom. The SMILES string of the molecule is CC(C)(C)C1NC(C(C)(C)C)C(C(C)(C)C)N1. The summed E-state index contributed by atoms with van der Waals surface area (Å²) in [5, 5.41) is 7.63. The third kappa shape index (κ3) is 3.45. The average Bonchev–Trinajstić information content (AvgIpc) is 2.42. The van der Waals surface area contributed by atoms with Crippen molar-refractivity contribution < 1.29 is 0 Å². The predicted molar refractivity (Wildman–Crippen MR) is 76.0 cm³/mol. The maximum Gasteiger partial charge on any atom is 0.0627 e. The van der Waals surface area contributed by atoms with Gasteiger partial charge in [0.2, 0.25) is 0 Å². The quantitative estimate of drug-likeness (QED) is 0.678. The van der Waals surface area contributed by atoms with Crippen LogP contribution in [0, 0.1) is 16.2 Å². The third-order valence-electron chi connectivity index (χ3n) is 3.76. The lowest BCUT2D eigenvalue weighted by atomic mass is 9.74. The smallest absolute Gasteiger partial charge is 0.0627 e. The lowest BCUT2D eigenvalue weighted by Gasteiger charge is -2.38. The molecule has 1 aliphatic heterocycles. The van der Waals surface area contributed by atoms with Gasteiger partial charge in [0.25, 0.3) is 0 Å². The molecule has 0 bridgehead atoms. The van der Waals surface area contributed by atoms with Gasteiger partial charge in [0, 0.05) is 12.1 Å². The maximum atomic E-state index is 3.82. The summed E-state index contributed by atoms with van der Waals surface area (Å²) in [4.78, 5) is 0. The van der Waals surface area contributed by atoms with Crippen LogP contribution in [0.15, 0.2) is 0 Å². The molecular formula is C15H32N2. The molecule has 2 heteroatoms. The van der Waals surface area contributed by atoms with E-state index in [-0.39, 0.29) is 16.2 Å². The second-order valence-electron chi connectivity index (χ2n) is 8.82. The second-order valence-corrected chi connectivity index (χ2v) is 8.82. The molecule has 2 atom stereocenters. The van der Waals surface area contributed by atoms with Crippen molar-refractivity contribution in [1.82, 2.24) is 10.6 Å². The van der Waals surface area contributed by atoms with Gasteiger partial charge in [0.05, 0.1) is 6.17 Å². The minimum absolute atomic E-state index is 0.253. The Morgan fingerprint density at radius 1 is 0.529 bits per heavy atom. The molecule has 1 rings (SSSR count). The molecule has 0 saturated carbocycles. The monoisotopic (exact) mass is 240 g/mol. The first kappa shape index (κ1) is 15.0. The van der Waals surface area contributed by atoms with E-state index >= 15 is 0 Å². The fourth-order valence-corrected chi connectivity index (χ4v) is 2.60. The molecule has 2 N–H and O–H groups in total. The molecule has 102 valence electrons. The molecule has 1 heterocycles. The van der Waals surface area contributed by atoms with Crippen molar-refractivity contribution in [2.24, 2.45) is 16.2 Å². The average molecular weight is 240 g/mol. The fourth-order valence-electron chi connectivity index (χ4n) is 2.60. The molecule has 0 radical (unpaired) electrons. The van der Waals surface area contributed by atoms with Crippen LogP contribution in [0.25, 0.3) is 0 Å². The lowest BCUT2D eigenvalue weighted by Crippen LogP contribution is -2.50. The van der Waals surface area contributed by atoms with Crippen LogP contribution < -0.4 is 10.6 Å². The number of hydrogen-bond donors (Lipinski definition) is 2. The molecule has 0 amide bonds. The van der Waals surface area contributed by atoms with Crippen molar-refractivity contribution in [3.63, 3.8) is 0 Å². The van der Waals surface area contributed by atoms with Crippen LogP contribution in [0.2, 0.25) is 0 Å². The summed E-state index contributed by atoms with van der Waals surface area (Å²) in [6.07, 6.45) is 0.399. The van der Waals surface area contributed by atoms with Gasteiger partial charge in [0.15, 0.2) is 0 Å². The van der Waals surface area contributed by atoms with E-state index in [0.717, 1.165) is 0 Å². The number of nitrogens with one attached hydrogen (secondary N) is 2. The van der Waals surface area contributed by atoms with Crippen molar-refractivity contribution in [3.8, 4) is 0 Å². The standard InChI is InChI=1S/C15H32N2/c1-13(2,3)10-11(14(4,5)6)17-12(16-10)15(7,8)9/h10-12,16-17H,1-9H3. The van der Waals surface area contributed by atoms with E-state index in [1.807, 2.05) is 0 Å². The van der Waals surface area contributed by atoms with E-state index in [0.29, 0.717) is 18.2 Å². The minimum atomic E-state index is 0.253. The van der Waals surface area contributed by atoms with E-state index in [4.69, 9.17) is 0 Å². The zero-order valence-electron chi connectivity index (χ0n) is 13.2. The minimum Gasteiger partial charge on any atom is -0.297 e. The van der Waals surface area contributed by atoms with Gasteiger partial charge in [-0.3, -0.25) is 10.6 Å². The van der Waals surface area contributed by atoms with Gasteiger partial charge < -0.3 is 0 Å². The van der Waals surface area contributed by atoms with Crippen LogP contribution in [-0.4, -0.2) is 18.2 Å². The molecule has 0 spiro atoms. The molecule has 0 aromatic rings. The predicted octanol–water partition coefficient (Wildman–Crippen LogP) is 3.38. The van der Waals surface area contributed by atoms with Crippen LogP contribution in [0.4, 0.5) is 0 Å². The first-order chi connectivity index (χ1) is 7.33. The normalized spacial score (nSPS) is 31.9. The number of hydrogen-bond acceptors (Lipinski definition) is 2. The molecular weight excluding hydrogens is 208 g/mol. The van der Waals surface area contributed by atoms with Crippen LogP contribution in [0.5, 0.6) is 0 Å². The molecule has 17 heavy (non-hydrogen) atoms. The maximum absolute atomic E-state index is 3.82. The Hall–Kier alpha value is -0.0800. The van der Waals surface area contributed by atoms with E-state index in [2.05, 4.69) is 72.9 Å². The van der Waals surface area contributed by atoms with Gasteiger partial charge in [-0.05, 0) is 16.2 Å². The number of rotatable bonds is 0. The van der Waals surface area contributed by atoms with Gasteiger partial charge in [-0.25, -0.2) is 0 Å². The highest BCUT2D eigenvalue weighted by Crippen LogP contribution is 2.37. The van der Waals surface area contributed by atoms with Gasteiger partial charge in [-0.15, -0.1) is 0 Å². The van der Waals surface area contributed by atoms with Crippen LogP contribution in [-0.2, 0) is 0 Å². The van der Waals surface area contributed by atoms with Gasteiger partial charge in [-0.2, -0.15) is 0 Å². The summed E-state index contributed by atoms with van der Waals surface area (Å²) in [6, 6.07) is 1.04. The Bertz CT molecular complexity index is 240. The Kier molecular flexibility index (Phi) is 3.73. The van der Waals surface area contributed by atoms with Crippen molar-refractivity contribution >= 4 is 0 Å². The Morgan fingerprint density at radius 3 is 1.00 bits per heavy atom. The fraction of sp³-hybridized carbons (Fsp3) is 1.00. The summed E-state index contributed by atoms with van der Waals surface area (Å²) in [7, 11) is 0. The molecule has 0 aromatic carbocycles.